The number of amides is 1. The van der Waals surface area contributed by atoms with Gasteiger partial charge in [0.05, 0.1) is 24.4 Å². The van der Waals surface area contributed by atoms with Crippen LogP contribution in [0.25, 0.3) is 0 Å². The van der Waals surface area contributed by atoms with Crippen molar-refractivity contribution in [2.75, 3.05) is 12.4 Å². The van der Waals surface area contributed by atoms with E-state index in [2.05, 4.69) is 34.9 Å². The van der Waals surface area contributed by atoms with Crippen LogP contribution in [-0.4, -0.2) is 13.0 Å². The van der Waals surface area contributed by atoms with Gasteiger partial charge in [-0.25, -0.2) is 0 Å². The van der Waals surface area contributed by atoms with Crippen LogP contribution in [0.2, 0.25) is 0 Å². The second-order valence-electron chi connectivity index (χ2n) is 8.16. The molecule has 5 rings (SSSR count). The Morgan fingerprint density at radius 3 is 2.61 bits per heavy atom. The number of para-hydroxylation sites is 2. The minimum atomic E-state index is -0.0626. The van der Waals surface area contributed by atoms with E-state index in [1.54, 1.807) is 7.11 Å². The molecule has 0 fully saturated rings. The number of ether oxygens (including phenoxy) is 1. The van der Waals surface area contributed by atoms with Crippen LogP contribution in [0.1, 0.15) is 45.4 Å². The fourth-order valence-corrected chi connectivity index (χ4v) is 4.92. The van der Waals surface area contributed by atoms with Gasteiger partial charge < -0.3 is 15.4 Å². The number of nitrogens with one attached hydrogen (secondary N) is 2. The normalized spacial score (nSPS) is 21.0. The Labute approximate surface area is 183 Å². The number of benzene rings is 3. The summed E-state index contributed by atoms with van der Waals surface area (Å²) in [5.41, 5.74) is 5.02. The van der Waals surface area contributed by atoms with Gasteiger partial charge in [-0.3, -0.25) is 4.79 Å². The molecule has 2 N–H and O–H groups in total. The van der Waals surface area contributed by atoms with Gasteiger partial charge in [-0.05, 0) is 35.6 Å². The summed E-state index contributed by atoms with van der Waals surface area (Å²) in [6.45, 7) is 0.505. The number of hydrogen-bond acceptors (Lipinski definition) is 3. The summed E-state index contributed by atoms with van der Waals surface area (Å²) in [5, 5.41) is 6.81. The van der Waals surface area contributed by atoms with Gasteiger partial charge in [0, 0.05) is 18.0 Å². The van der Waals surface area contributed by atoms with Crippen LogP contribution in [0, 0.1) is 5.92 Å². The molecular formula is C27H26N2O2. The third-order valence-corrected chi connectivity index (χ3v) is 6.41. The minimum absolute atomic E-state index is 0.0626. The van der Waals surface area contributed by atoms with E-state index in [1.807, 2.05) is 60.7 Å². The molecule has 3 unspecified atom stereocenters. The van der Waals surface area contributed by atoms with Crippen LogP contribution in [0.4, 0.5) is 5.69 Å². The number of carbonyl (C=O) groups excluding carboxylic acids is 1. The third kappa shape index (κ3) is 3.59. The standard InChI is InChI=1S/C27H26N2O2/c1-31-24-16-6-5-11-22(24)25-20-13-7-12-19(20)21-14-8-15-23(26(21)29-25)27(30)28-17-18-9-3-2-4-10-18/h2-12,14-16,19-20,25,29H,13,17H2,1H3,(H,28,30). The Balaban J connectivity index is 1.49. The molecule has 156 valence electrons. The SMILES string of the molecule is COc1ccccc1C1Nc2c(C(=O)NCc3ccccc3)cccc2C2C=CCC21. The van der Waals surface area contributed by atoms with Crippen molar-refractivity contribution in [3.63, 3.8) is 0 Å². The first-order valence-electron chi connectivity index (χ1n) is 10.8. The zero-order valence-corrected chi connectivity index (χ0v) is 17.5. The molecule has 1 heterocycles. The van der Waals surface area contributed by atoms with Gasteiger partial charge in [0.25, 0.3) is 5.91 Å². The molecule has 4 nitrogen and oxygen atoms in total. The zero-order valence-electron chi connectivity index (χ0n) is 17.5. The van der Waals surface area contributed by atoms with E-state index in [0.29, 0.717) is 18.0 Å². The lowest BCUT2D eigenvalue weighted by molar-refractivity contribution is 0.0951. The highest BCUT2D eigenvalue weighted by Crippen LogP contribution is 2.51. The summed E-state index contributed by atoms with van der Waals surface area (Å²) < 4.78 is 5.66. The molecule has 0 spiro atoms. The molecule has 0 aromatic heterocycles. The maximum Gasteiger partial charge on any atom is 0.253 e. The van der Waals surface area contributed by atoms with Crippen LogP contribution in [0.15, 0.2) is 84.9 Å². The molecular weight excluding hydrogens is 384 g/mol. The Hall–Kier alpha value is -3.53. The molecule has 3 atom stereocenters. The topological polar surface area (TPSA) is 50.4 Å². The van der Waals surface area contributed by atoms with Crippen molar-refractivity contribution in [1.82, 2.24) is 5.32 Å². The van der Waals surface area contributed by atoms with Crippen LogP contribution in [-0.2, 0) is 6.54 Å². The average Bonchev–Trinajstić information content (AvgIpc) is 3.32. The molecule has 0 bridgehead atoms. The Bertz CT molecular complexity index is 1120. The summed E-state index contributed by atoms with van der Waals surface area (Å²) in [4.78, 5) is 13.2. The highest BCUT2D eigenvalue weighted by Gasteiger charge is 2.40. The van der Waals surface area contributed by atoms with Crippen molar-refractivity contribution < 1.29 is 9.53 Å². The zero-order chi connectivity index (χ0) is 21.2. The Morgan fingerprint density at radius 1 is 1.00 bits per heavy atom. The van der Waals surface area contributed by atoms with Gasteiger partial charge in [0.2, 0.25) is 0 Å². The summed E-state index contributed by atoms with van der Waals surface area (Å²) in [6, 6.07) is 24.3. The highest BCUT2D eigenvalue weighted by molar-refractivity contribution is 6.00. The van der Waals surface area contributed by atoms with E-state index < -0.39 is 0 Å². The van der Waals surface area contributed by atoms with Crippen molar-refractivity contribution in [3.05, 3.63) is 107 Å². The molecule has 1 aliphatic carbocycles. The third-order valence-electron chi connectivity index (χ3n) is 6.41. The second-order valence-corrected chi connectivity index (χ2v) is 8.16. The maximum absolute atomic E-state index is 13.2. The quantitative estimate of drug-likeness (QED) is 0.550. The van der Waals surface area contributed by atoms with Crippen LogP contribution >= 0.6 is 0 Å². The number of carbonyl (C=O) groups is 1. The number of methoxy groups -OCH3 is 1. The predicted molar refractivity (Wildman–Crippen MR) is 123 cm³/mol. The van der Waals surface area contributed by atoms with Crippen molar-refractivity contribution in [1.29, 1.82) is 0 Å². The molecule has 31 heavy (non-hydrogen) atoms. The molecule has 0 saturated heterocycles. The average molecular weight is 411 g/mol. The second kappa shape index (κ2) is 8.31. The van der Waals surface area contributed by atoms with Gasteiger partial charge in [0.15, 0.2) is 0 Å². The molecule has 0 saturated carbocycles. The van der Waals surface area contributed by atoms with Crippen molar-refractivity contribution in [2.45, 2.75) is 24.9 Å². The number of anilines is 1. The molecule has 3 aromatic carbocycles. The number of hydrogen-bond donors (Lipinski definition) is 2. The smallest absolute Gasteiger partial charge is 0.253 e. The minimum Gasteiger partial charge on any atom is -0.496 e. The highest BCUT2D eigenvalue weighted by atomic mass is 16.5. The first-order valence-corrected chi connectivity index (χ1v) is 10.8. The Kier molecular flexibility index (Phi) is 5.21. The number of fused-ring (bicyclic) bond motifs is 3. The van der Waals surface area contributed by atoms with Gasteiger partial charge >= 0.3 is 0 Å². The van der Waals surface area contributed by atoms with E-state index in [-0.39, 0.29) is 17.9 Å². The summed E-state index contributed by atoms with van der Waals surface area (Å²) in [5.74, 6) is 1.49. The summed E-state index contributed by atoms with van der Waals surface area (Å²) in [6.07, 6.45) is 5.55. The maximum atomic E-state index is 13.2. The number of rotatable bonds is 5. The molecule has 2 aliphatic rings. The fourth-order valence-electron chi connectivity index (χ4n) is 4.92. The number of allylic oxidation sites excluding steroid dienone is 2. The molecule has 3 aromatic rings. The van der Waals surface area contributed by atoms with Crippen LogP contribution in [0.5, 0.6) is 5.75 Å². The molecule has 0 radical (unpaired) electrons. The fraction of sp³-hybridized carbons (Fsp3) is 0.222. The van der Waals surface area contributed by atoms with Gasteiger partial charge in [-0.1, -0.05) is 72.8 Å². The van der Waals surface area contributed by atoms with Crippen molar-refractivity contribution in [2.24, 2.45) is 5.92 Å². The van der Waals surface area contributed by atoms with E-state index in [0.717, 1.165) is 29.0 Å². The van der Waals surface area contributed by atoms with Gasteiger partial charge in [-0.15, -0.1) is 0 Å². The van der Waals surface area contributed by atoms with E-state index in [1.165, 1.54) is 5.56 Å². The van der Waals surface area contributed by atoms with Gasteiger partial charge in [-0.2, -0.15) is 0 Å². The predicted octanol–water partition coefficient (Wildman–Crippen LogP) is 5.45. The lowest BCUT2D eigenvalue weighted by atomic mass is 9.76. The summed E-state index contributed by atoms with van der Waals surface area (Å²) in [7, 11) is 1.71. The lowest BCUT2D eigenvalue weighted by Crippen LogP contribution is -2.32. The van der Waals surface area contributed by atoms with Gasteiger partial charge in [0.1, 0.15) is 5.75 Å². The van der Waals surface area contributed by atoms with Crippen molar-refractivity contribution >= 4 is 11.6 Å². The Morgan fingerprint density at radius 2 is 1.77 bits per heavy atom. The van der Waals surface area contributed by atoms with Crippen LogP contribution in [0.3, 0.4) is 0 Å². The van der Waals surface area contributed by atoms with Crippen LogP contribution < -0.4 is 15.4 Å². The van der Waals surface area contributed by atoms with E-state index in [9.17, 15) is 4.79 Å². The molecule has 1 aliphatic heterocycles. The molecule has 4 heteroatoms. The molecule has 1 amide bonds. The first kappa shape index (κ1) is 19.4. The monoisotopic (exact) mass is 410 g/mol. The largest absolute Gasteiger partial charge is 0.496 e. The summed E-state index contributed by atoms with van der Waals surface area (Å²) >= 11 is 0. The lowest BCUT2D eigenvalue weighted by Gasteiger charge is -2.38. The van der Waals surface area contributed by atoms with Crippen molar-refractivity contribution in [3.8, 4) is 5.75 Å². The van der Waals surface area contributed by atoms with E-state index >= 15 is 0 Å². The van der Waals surface area contributed by atoms with E-state index in [4.69, 9.17) is 4.74 Å². The first-order chi connectivity index (χ1) is 15.3.